The van der Waals surface area contributed by atoms with Crippen LogP contribution in [0.4, 0.5) is 8.78 Å². The van der Waals surface area contributed by atoms with E-state index in [4.69, 9.17) is 14.6 Å². The molecule has 1 aliphatic heterocycles. The van der Waals surface area contributed by atoms with E-state index in [1.54, 1.807) is 47.9 Å². The number of fused-ring (bicyclic) bond motifs is 3. The summed E-state index contributed by atoms with van der Waals surface area (Å²) in [4.78, 5) is 0. The molecule has 0 saturated carbocycles. The van der Waals surface area contributed by atoms with Crippen LogP contribution < -0.4 is 14.6 Å². The number of ether oxygens (including phenoxy) is 2. The van der Waals surface area contributed by atoms with Gasteiger partial charge in [-0.05, 0) is 40.8 Å². The topological polar surface area (TPSA) is 78.6 Å². The molecule has 156 valence electrons. The van der Waals surface area contributed by atoms with Crippen molar-refractivity contribution >= 4 is 21.4 Å². The zero-order chi connectivity index (χ0) is 21.5. The maximum Gasteiger partial charge on any atom is 0.387 e. The third-order valence-electron chi connectivity index (χ3n) is 4.72. The molecule has 9 heteroatoms. The summed E-state index contributed by atoms with van der Waals surface area (Å²) in [5.41, 5.74) is 2.93. The van der Waals surface area contributed by atoms with Crippen molar-refractivity contribution in [1.29, 1.82) is 0 Å². The molecule has 1 aromatic heterocycles. The SMILES string of the molecule is C=CCC1Oc2cccc(OC(F)F)c2-c2ccc(-c3ccsc3S(N)(=O)=O)cc21. The minimum absolute atomic E-state index is 0.00862. The number of hydrogen-bond donors (Lipinski definition) is 1. The number of benzene rings is 2. The first-order valence-corrected chi connectivity index (χ1v) is 11.3. The molecule has 30 heavy (non-hydrogen) atoms. The van der Waals surface area contributed by atoms with Crippen molar-refractivity contribution in [3.8, 4) is 33.8 Å². The first-order chi connectivity index (χ1) is 14.3. The second-order valence-corrected chi connectivity index (χ2v) is 9.28. The lowest BCUT2D eigenvalue weighted by molar-refractivity contribution is -0.0496. The van der Waals surface area contributed by atoms with Gasteiger partial charge in [-0.1, -0.05) is 24.3 Å². The van der Waals surface area contributed by atoms with E-state index >= 15 is 0 Å². The second-order valence-electron chi connectivity index (χ2n) is 6.61. The lowest BCUT2D eigenvalue weighted by atomic mass is 9.88. The van der Waals surface area contributed by atoms with E-state index < -0.39 is 22.7 Å². The Morgan fingerprint density at radius 3 is 2.73 bits per heavy atom. The first kappa shape index (κ1) is 20.5. The van der Waals surface area contributed by atoms with Crippen LogP contribution >= 0.6 is 11.3 Å². The highest BCUT2D eigenvalue weighted by atomic mass is 32.2. The van der Waals surface area contributed by atoms with Crippen molar-refractivity contribution < 1.29 is 26.7 Å². The summed E-state index contributed by atoms with van der Waals surface area (Å²) in [6.45, 7) is 0.783. The first-order valence-electron chi connectivity index (χ1n) is 8.90. The summed E-state index contributed by atoms with van der Waals surface area (Å²) < 4.78 is 60.5. The average Bonchev–Trinajstić information content (AvgIpc) is 3.18. The highest BCUT2D eigenvalue weighted by molar-refractivity contribution is 7.91. The molecule has 1 atom stereocenters. The standard InChI is InChI=1S/C21H17F2NO4S2/c1-2-4-16-15-11-12(13-9-10-29-20(13)30(24,25)26)7-8-14(15)19-17(27-16)5-3-6-18(19)28-21(22)23/h2-3,5-11,16,21H,1,4H2,(H2,24,25,26). The van der Waals surface area contributed by atoms with Gasteiger partial charge < -0.3 is 9.47 Å². The van der Waals surface area contributed by atoms with Crippen LogP contribution in [0.15, 0.2) is 64.7 Å². The molecule has 2 aromatic carbocycles. The van der Waals surface area contributed by atoms with Crippen LogP contribution in [-0.2, 0) is 10.0 Å². The van der Waals surface area contributed by atoms with Gasteiger partial charge >= 0.3 is 6.61 Å². The minimum Gasteiger partial charge on any atom is -0.485 e. The molecule has 0 aliphatic carbocycles. The lowest BCUT2D eigenvalue weighted by Gasteiger charge is -2.30. The Hall–Kier alpha value is -2.75. The smallest absolute Gasteiger partial charge is 0.387 e. The van der Waals surface area contributed by atoms with Gasteiger partial charge in [0.2, 0.25) is 10.0 Å². The summed E-state index contributed by atoms with van der Waals surface area (Å²) in [5.74, 6) is 0.440. The van der Waals surface area contributed by atoms with Gasteiger partial charge in [0.05, 0.1) is 5.56 Å². The van der Waals surface area contributed by atoms with Crippen molar-refractivity contribution in [2.45, 2.75) is 23.3 Å². The van der Waals surface area contributed by atoms with E-state index in [9.17, 15) is 17.2 Å². The summed E-state index contributed by atoms with van der Waals surface area (Å²) in [5, 5.41) is 6.99. The molecule has 0 amide bonds. The van der Waals surface area contributed by atoms with Crippen LogP contribution in [0.25, 0.3) is 22.3 Å². The highest BCUT2D eigenvalue weighted by Gasteiger charge is 2.29. The van der Waals surface area contributed by atoms with Crippen molar-refractivity contribution in [2.24, 2.45) is 5.14 Å². The molecule has 0 bridgehead atoms. The van der Waals surface area contributed by atoms with E-state index in [1.807, 2.05) is 0 Å². The van der Waals surface area contributed by atoms with E-state index in [0.29, 0.717) is 34.4 Å². The zero-order valence-corrected chi connectivity index (χ0v) is 17.2. The average molecular weight is 450 g/mol. The number of halogens is 2. The van der Waals surface area contributed by atoms with Crippen LogP contribution in [0.5, 0.6) is 11.5 Å². The molecule has 0 radical (unpaired) electrons. The van der Waals surface area contributed by atoms with Crippen LogP contribution in [0.2, 0.25) is 0 Å². The molecular formula is C21H17F2NO4S2. The van der Waals surface area contributed by atoms with Gasteiger partial charge in [-0.25, -0.2) is 13.6 Å². The van der Waals surface area contributed by atoms with Gasteiger partial charge in [0, 0.05) is 17.5 Å². The summed E-state index contributed by atoms with van der Waals surface area (Å²) in [6, 6.07) is 11.7. The molecule has 4 rings (SSSR count). The highest BCUT2D eigenvalue weighted by Crippen LogP contribution is 2.49. The molecule has 5 nitrogen and oxygen atoms in total. The maximum atomic E-state index is 12.9. The van der Waals surface area contributed by atoms with Crippen LogP contribution in [0.3, 0.4) is 0 Å². The van der Waals surface area contributed by atoms with Gasteiger partial charge in [-0.3, -0.25) is 0 Å². The lowest BCUT2D eigenvalue weighted by Crippen LogP contribution is -2.15. The second kappa shape index (κ2) is 7.82. The number of nitrogens with two attached hydrogens (primary N) is 1. The Morgan fingerprint density at radius 1 is 1.23 bits per heavy atom. The molecular weight excluding hydrogens is 432 g/mol. The molecule has 0 fully saturated rings. The monoisotopic (exact) mass is 449 g/mol. The fourth-order valence-corrected chi connectivity index (χ4v) is 5.40. The molecule has 1 aliphatic rings. The number of primary sulfonamides is 1. The minimum atomic E-state index is -3.88. The number of sulfonamides is 1. The Morgan fingerprint density at radius 2 is 2.03 bits per heavy atom. The Bertz CT molecular complexity index is 1220. The van der Waals surface area contributed by atoms with E-state index in [0.717, 1.165) is 16.9 Å². The predicted octanol–water partition coefficient (Wildman–Crippen LogP) is 5.34. The van der Waals surface area contributed by atoms with Gasteiger partial charge in [0.1, 0.15) is 21.8 Å². The third kappa shape index (κ3) is 3.71. The molecule has 2 N–H and O–H groups in total. The number of thiophene rings is 1. The molecule has 2 heterocycles. The fourth-order valence-electron chi connectivity index (χ4n) is 3.57. The normalized spacial score (nSPS) is 15.3. The molecule has 0 spiro atoms. The number of alkyl halides is 2. The van der Waals surface area contributed by atoms with Crippen molar-refractivity contribution in [1.82, 2.24) is 0 Å². The van der Waals surface area contributed by atoms with Gasteiger partial charge in [-0.15, -0.1) is 17.9 Å². The summed E-state index contributed by atoms with van der Waals surface area (Å²) >= 11 is 1.03. The van der Waals surface area contributed by atoms with Gasteiger partial charge in [0.25, 0.3) is 0 Å². The molecule has 0 saturated heterocycles. The van der Waals surface area contributed by atoms with E-state index in [-0.39, 0.29) is 9.96 Å². The third-order valence-corrected chi connectivity index (χ3v) is 7.15. The van der Waals surface area contributed by atoms with Crippen LogP contribution in [-0.4, -0.2) is 15.0 Å². The summed E-state index contributed by atoms with van der Waals surface area (Å²) in [6.07, 6.45) is 1.76. The largest absolute Gasteiger partial charge is 0.485 e. The van der Waals surface area contributed by atoms with Gasteiger partial charge in [-0.2, -0.15) is 8.78 Å². The van der Waals surface area contributed by atoms with E-state index in [1.165, 1.54) is 6.07 Å². The fraction of sp³-hybridized carbons (Fsp3) is 0.143. The van der Waals surface area contributed by atoms with Crippen molar-refractivity contribution in [2.75, 3.05) is 0 Å². The van der Waals surface area contributed by atoms with Crippen LogP contribution in [0.1, 0.15) is 18.1 Å². The van der Waals surface area contributed by atoms with Gasteiger partial charge in [0.15, 0.2) is 0 Å². The van der Waals surface area contributed by atoms with Crippen LogP contribution in [0, 0.1) is 0 Å². The zero-order valence-electron chi connectivity index (χ0n) is 15.5. The Kier molecular flexibility index (Phi) is 5.35. The van der Waals surface area contributed by atoms with Crippen molar-refractivity contribution in [3.05, 3.63) is 66.1 Å². The summed E-state index contributed by atoms with van der Waals surface area (Å²) in [7, 11) is -3.88. The molecule has 1 unspecified atom stereocenters. The Balaban J connectivity index is 1.91. The number of rotatable bonds is 6. The Labute approximate surface area is 176 Å². The number of hydrogen-bond acceptors (Lipinski definition) is 5. The molecule has 3 aromatic rings. The maximum absolute atomic E-state index is 12.9. The predicted molar refractivity (Wildman–Crippen MR) is 111 cm³/mol. The van der Waals surface area contributed by atoms with E-state index in [2.05, 4.69) is 6.58 Å². The quantitative estimate of drug-likeness (QED) is 0.515. The van der Waals surface area contributed by atoms with Crippen molar-refractivity contribution in [3.63, 3.8) is 0 Å².